The summed E-state index contributed by atoms with van der Waals surface area (Å²) in [5, 5.41) is 18.3. The third-order valence-corrected chi connectivity index (χ3v) is 4.60. The molecule has 0 aromatic carbocycles. The quantitative estimate of drug-likeness (QED) is 0.215. The molecule has 0 aliphatic rings. The van der Waals surface area contributed by atoms with Gasteiger partial charge in [0.2, 0.25) is 0 Å². The van der Waals surface area contributed by atoms with Crippen LogP contribution in [0.4, 0.5) is 0 Å². The lowest BCUT2D eigenvalue weighted by Crippen LogP contribution is -2.16. The average Bonchev–Trinajstić information content (AvgIpc) is 2.61. The van der Waals surface area contributed by atoms with Crippen LogP contribution in [0.5, 0.6) is 0 Å². The van der Waals surface area contributed by atoms with Gasteiger partial charge in [0.1, 0.15) is 0 Å². The van der Waals surface area contributed by atoms with E-state index in [0.29, 0.717) is 13.2 Å². The van der Waals surface area contributed by atoms with Gasteiger partial charge in [-0.1, -0.05) is 83.3 Å². The van der Waals surface area contributed by atoms with Crippen LogP contribution in [-0.2, 0) is 4.74 Å². The molecule has 25 heavy (non-hydrogen) atoms. The minimum atomic E-state index is -0.372. The first kappa shape index (κ1) is 24.6. The molecule has 0 fully saturated rings. The molecule has 1 atom stereocenters. The van der Waals surface area contributed by atoms with Gasteiger partial charge in [-0.05, 0) is 32.1 Å². The summed E-state index contributed by atoms with van der Waals surface area (Å²) in [5.41, 5.74) is 0. The van der Waals surface area contributed by atoms with Crippen LogP contribution in [0.3, 0.4) is 0 Å². The van der Waals surface area contributed by atoms with E-state index in [1.807, 2.05) is 0 Å². The zero-order valence-electron chi connectivity index (χ0n) is 16.8. The van der Waals surface area contributed by atoms with Crippen molar-refractivity contribution in [3.63, 3.8) is 0 Å². The first-order chi connectivity index (χ1) is 12.3. The average molecular weight is 357 g/mol. The highest BCUT2D eigenvalue weighted by Crippen LogP contribution is 2.11. The van der Waals surface area contributed by atoms with Crippen molar-refractivity contribution in [1.82, 2.24) is 0 Å². The molecule has 0 aliphatic carbocycles. The second kappa shape index (κ2) is 21.7. The van der Waals surface area contributed by atoms with Gasteiger partial charge < -0.3 is 14.9 Å². The fraction of sp³-hybridized carbons (Fsp3) is 0.909. The topological polar surface area (TPSA) is 49.7 Å². The van der Waals surface area contributed by atoms with Gasteiger partial charge in [0.15, 0.2) is 0 Å². The van der Waals surface area contributed by atoms with Crippen LogP contribution in [0.15, 0.2) is 12.2 Å². The van der Waals surface area contributed by atoms with E-state index in [4.69, 9.17) is 9.84 Å². The molecule has 150 valence electrons. The molecule has 0 saturated carbocycles. The Morgan fingerprint density at radius 2 is 1.28 bits per heavy atom. The third kappa shape index (κ3) is 21.6. The van der Waals surface area contributed by atoms with E-state index >= 15 is 0 Å². The highest BCUT2D eigenvalue weighted by atomic mass is 16.5. The highest BCUT2D eigenvalue weighted by Gasteiger charge is 2.03. The maximum absolute atomic E-state index is 9.68. The molecule has 0 rings (SSSR count). The monoisotopic (exact) mass is 356 g/mol. The summed E-state index contributed by atoms with van der Waals surface area (Å²) in [7, 11) is 0. The molecule has 0 aliphatic heterocycles. The molecule has 0 radical (unpaired) electrons. The fourth-order valence-electron chi connectivity index (χ4n) is 2.99. The molecular formula is C22H44O3. The molecule has 2 N–H and O–H groups in total. The van der Waals surface area contributed by atoms with Crippen molar-refractivity contribution in [1.29, 1.82) is 0 Å². The summed E-state index contributed by atoms with van der Waals surface area (Å²) in [6.45, 7) is 2.97. The minimum absolute atomic E-state index is 0.0287. The first-order valence-electron chi connectivity index (χ1n) is 10.8. The van der Waals surface area contributed by atoms with Crippen LogP contribution >= 0.6 is 0 Å². The SMILES string of the molecule is CCCCCCCC/C=C\CCCCCCCCC(O)COCCO. The molecule has 3 heteroatoms. The molecule has 0 spiro atoms. The summed E-state index contributed by atoms with van der Waals surface area (Å²) >= 11 is 0. The van der Waals surface area contributed by atoms with Gasteiger partial charge in [-0.3, -0.25) is 0 Å². The van der Waals surface area contributed by atoms with Crippen molar-refractivity contribution >= 4 is 0 Å². The Hall–Kier alpha value is -0.380. The smallest absolute Gasteiger partial charge is 0.0773 e. The maximum Gasteiger partial charge on any atom is 0.0773 e. The van der Waals surface area contributed by atoms with Crippen LogP contribution in [0.1, 0.15) is 103 Å². The first-order valence-corrected chi connectivity index (χ1v) is 10.8. The van der Waals surface area contributed by atoms with Gasteiger partial charge in [-0.15, -0.1) is 0 Å². The number of hydrogen-bond donors (Lipinski definition) is 2. The molecule has 0 aromatic heterocycles. The Morgan fingerprint density at radius 1 is 0.760 bits per heavy atom. The van der Waals surface area contributed by atoms with E-state index in [9.17, 15) is 5.11 Å². The molecule has 0 amide bonds. The maximum atomic E-state index is 9.68. The van der Waals surface area contributed by atoms with Crippen LogP contribution < -0.4 is 0 Å². The number of ether oxygens (including phenoxy) is 1. The van der Waals surface area contributed by atoms with Crippen LogP contribution in [0, 0.1) is 0 Å². The predicted octanol–water partition coefficient (Wildman–Crippen LogP) is 5.78. The van der Waals surface area contributed by atoms with Gasteiger partial charge in [0.25, 0.3) is 0 Å². The summed E-state index contributed by atoms with van der Waals surface area (Å²) < 4.78 is 5.12. The largest absolute Gasteiger partial charge is 0.394 e. The minimum Gasteiger partial charge on any atom is -0.394 e. The van der Waals surface area contributed by atoms with Gasteiger partial charge in [-0.2, -0.15) is 0 Å². The molecule has 0 saturated heterocycles. The van der Waals surface area contributed by atoms with Crippen molar-refractivity contribution in [2.24, 2.45) is 0 Å². The van der Waals surface area contributed by atoms with E-state index in [0.717, 1.165) is 12.8 Å². The lowest BCUT2D eigenvalue weighted by molar-refractivity contribution is 0.0170. The Morgan fingerprint density at radius 3 is 1.84 bits per heavy atom. The Balaban J connectivity index is 3.14. The van der Waals surface area contributed by atoms with Crippen molar-refractivity contribution in [3.8, 4) is 0 Å². The molecule has 0 aromatic rings. The Labute approximate surface area is 156 Å². The van der Waals surface area contributed by atoms with E-state index in [1.165, 1.54) is 83.5 Å². The van der Waals surface area contributed by atoms with Crippen LogP contribution in [-0.4, -0.2) is 36.1 Å². The lowest BCUT2D eigenvalue weighted by Gasteiger charge is -2.10. The molecule has 3 nitrogen and oxygen atoms in total. The second-order valence-electron chi connectivity index (χ2n) is 7.18. The van der Waals surface area contributed by atoms with E-state index < -0.39 is 0 Å². The molecular weight excluding hydrogens is 312 g/mol. The predicted molar refractivity (Wildman–Crippen MR) is 108 cm³/mol. The number of allylic oxidation sites excluding steroid dienone is 2. The number of rotatable bonds is 20. The molecule has 1 unspecified atom stereocenters. The van der Waals surface area contributed by atoms with E-state index in [1.54, 1.807) is 0 Å². The number of aliphatic hydroxyl groups excluding tert-OH is 2. The second-order valence-corrected chi connectivity index (χ2v) is 7.18. The summed E-state index contributed by atoms with van der Waals surface area (Å²) in [4.78, 5) is 0. The van der Waals surface area contributed by atoms with Gasteiger partial charge >= 0.3 is 0 Å². The number of hydrogen-bond acceptors (Lipinski definition) is 3. The standard InChI is InChI=1S/C22H44O3/c1-2-3-4-5-6-7-8-9-10-11-12-13-14-15-16-17-18-22(24)21-25-20-19-23/h9-10,22-24H,2-8,11-21H2,1H3/b10-9-. The molecule has 0 bridgehead atoms. The highest BCUT2D eigenvalue weighted by molar-refractivity contribution is 4.81. The van der Waals surface area contributed by atoms with Crippen molar-refractivity contribution in [2.45, 2.75) is 109 Å². The third-order valence-electron chi connectivity index (χ3n) is 4.60. The fourth-order valence-corrected chi connectivity index (χ4v) is 2.99. The summed E-state index contributed by atoms with van der Waals surface area (Å²) in [6, 6.07) is 0. The molecule has 0 heterocycles. The Kier molecular flexibility index (Phi) is 21.3. The number of aliphatic hydroxyl groups is 2. The van der Waals surface area contributed by atoms with Gasteiger partial charge in [0, 0.05) is 0 Å². The number of unbranched alkanes of at least 4 members (excludes halogenated alkanes) is 12. The lowest BCUT2D eigenvalue weighted by atomic mass is 10.1. The van der Waals surface area contributed by atoms with E-state index in [-0.39, 0.29) is 12.7 Å². The van der Waals surface area contributed by atoms with Crippen LogP contribution in [0.25, 0.3) is 0 Å². The summed E-state index contributed by atoms with van der Waals surface area (Å²) in [6.07, 6.45) is 23.5. The van der Waals surface area contributed by atoms with Crippen molar-refractivity contribution < 1.29 is 14.9 Å². The Bertz CT molecular complexity index is 266. The van der Waals surface area contributed by atoms with Crippen molar-refractivity contribution in [2.75, 3.05) is 19.8 Å². The van der Waals surface area contributed by atoms with Crippen molar-refractivity contribution in [3.05, 3.63) is 12.2 Å². The van der Waals surface area contributed by atoms with Crippen LogP contribution in [0.2, 0.25) is 0 Å². The van der Waals surface area contributed by atoms with Gasteiger partial charge in [-0.25, -0.2) is 0 Å². The summed E-state index contributed by atoms with van der Waals surface area (Å²) in [5.74, 6) is 0. The zero-order chi connectivity index (χ0) is 18.4. The normalized spacial score (nSPS) is 12.9. The van der Waals surface area contributed by atoms with E-state index in [2.05, 4.69) is 19.1 Å². The zero-order valence-corrected chi connectivity index (χ0v) is 16.8. The van der Waals surface area contributed by atoms with Gasteiger partial charge in [0.05, 0.1) is 25.9 Å².